The Morgan fingerprint density at radius 1 is 0.867 bits per heavy atom. The number of anilines is 1. The van der Waals surface area contributed by atoms with Crippen LogP contribution in [0, 0.1) is 0 Å². The van der Waals surface area contributed by atoms with Crippen LogP contribution >= 0.6 is 11.6 Å². The summed E-state index contributed by atoms with van der Waals surface area (Å²) in [4.78, 5) is 0. The van der Waals surface area contributed by atoms with Crippen LogP contribution < -0.4 is 14.5 Å². The summed E-state index contributed by atoms with van der Waals surface area (Å²) in [5, 5.41) is 7.65. The van der Waals surface area contributed by atoms with E-state index in [1.807, 2.05) is 77.8 Å². The molecule has 30 heavy (non-hydrogen) atoms. The Kier molecular flexibility index (Phi) is 6.05. The molecule has 0 aliphatic carbocycles. The molecular weight excluding hydrogens is 396 g/mol. The zero-order valence-corrected chi connectivity index (χ0v) is 17.7. The molecule has 5 heteroatoms. The van der Waals surface area contributed by atoms with Gasteiger partial charge >= 0.3 is 0 Å². The molecule has 0 aromatic heterocycles. The number of rotatable bonds is 6. The van der Waals surface area contributed by atoms with Crippen molar-refractivity contribution in [2.24, 2.45) is 5.10 Å². The van der Waals surface area contributed by atoms with Crippen molar-refractivity contribution < 1.29 is 9.47 Å². The quantitative estimate of drug-likeness (QED) is 0.466. The van der Waals surface area contributed by atoms with Gasteiger partial charge in [-0.3, -0.25) is 5.01 Å². The predicted octanol–water partition coefficient (Wildman–Crippen LogP) is 6.38. The highest BCUT2D eigenvalue weighted by Crippen LogP contribution is 2.39. The summed E-state index contributed by atoms with van der Waals surface area (Å²) < 4.78 is 11.1. The summed E-state index contributed by atoms with van der Waals surface area (Å²) in [5.74, 6) is 1.69. The lowest BCUT2D eigenvalue weighted by Crippen LogP contribution is -2.19. The largest absolute Gasteiger partial charge is 0.496 e. The van der Waals surface area contributed by atoms with Crippen LogP contribution in [0.25, 0.3) is 6.08 Å². The van der Waals surface area contributed by atoms with E-state index in [1.165, 1.54) is 0 Å². The summed E-state index contributed by atoms with van der Waals surface area (Å²) >= 11 is 6.10. The lowest BCUT2D eigenvalue weighted by molar-refractivity contribution is 0.405. The zero-order chi connectivity index (χ0) is 20.9. The minimum Gasteiger partial charge on any atom is -0.496 e. The first-order valence-corrected chi connectivity index (χ1v) is 10.1. The van der Waals surface area contributed by atoms with Gasteiger partial charge < -0.3 is 9.47 Å². The number of methoxy groups -OCH3 is 2. The maximum atomic E-state index is 6.10. The van der Waals surface area contributed by atoms with Gasteiger partial charge in [-0.05, 0) is 48.6 Å². The van der Waals surface area contributed by atoms with E-state index in [2.05, 4.69) is 12.1 Å². The fourth-order valence-corrected chi connectivity index (χ4v) is 3.77. The van der Waals surface area contributed by atoms with Gasteiger partial charge in [-0.1, -0.05) is 48.0 Å². The van der Waals surface area contributed by atoms with Crippen molar-refractivity contribution >= 4 is 29.1 Å². The number of hydrogen-bond acceptors (Lipinski definition) is 4. The van der Waals surface area contributed by atoms with E-state index >= 15 is 0 Å². The van der Waals surface area contributed by atoms with Gasteiger partial charge in [0.2, 0.25) is 0 Å². The molecule has 0 unspecified atom stereocenters. The molecule has 0 saturated carbocycles. The van der Waals surface area contributed by atoms with Crippen molar-refractivity contribution in [3.63, 3.8) is 0 Å². The maximum absolute atomic E-state index is 6.10. The van der Waals surface area contributed by atoms with Crippen LogP contribution in [0.15, 0.2) is 84.0 Å². The Hall–Kier alpha value is -3.24. The second-order valence-electron chi connectivity index (χ2n) is 6.95. The third-order valence-corrected chi connectivity index (χ3v) is 5.37. The van der Waals surface area contributed by atoms with Gasteiger partial charge in [0.15, 0.2) is 0 Å². The number of hydrogen-bond donors (Lipinski definition) is 0. The first kappa shape index (κ1) is 20.0. The summed E-state index contributed by atoms with van der Waals surface area (Å²) in [6.07, 6.45) is 4.85. The van der Waals surface area contributed by atoms with E-state index in [9.17, 15) is 0 Å². The lowest BCUT2D eigenvalue weighted by atomic mass is 9.99. The molecule has 1 heterocycles. The van der Waals surface area contributed by atoms with Crippen LogP contribution in [0.2, 0.25) is 5.02 Å². The van der Waals surface area contributed by atoms with Crippen LogP contribution in [0.4, 0.5) is 5.69 Å². The molecular formula is C25H23ClN2O2. The van der Waals surface area contributed by atoms with E-state index in [1.54, 1.807) is 14.2 Å². The lowest BCUT2D eigenvalue weighted by Gasteiger charge is -2.25. The number of benzene rings is 3. The van der Waals surface area contributed by atoms with E-state index in [-0.39, 0.29) is 6.04 Å². The van der Waals surface area contributed by atoms with Crippen LogP contribution in [-0.4, -0.2) is 19.9 Å². The van der Waals surface area contributed by atoms with Gasteiger partial charge in [-0.2, -0.15) is 5.10 Å². The minimum absolute atomic E-state index is 0.0274. The third kappa shape index (κ3) is 4.19. The number of hydrazone groups is 1. The molecule has 0 radical (unpaired) electrons. The van der Waals surface area contributed by atoms with Gasteiger partial charge in [0.1, 0.15) is 11.5 Å². The van der Waals surface area contributed by atoms with Crippen LogP contribution in [0.1, 0.15) is 23.6 Å². The van der Waals surface area contributed by atoms with Crippen molar-refractivity contribution in [1.82, 2.24) is 0 Å². The van der Waals surface area contributed by atoms with Gasteiger partial charge in [-0.15, -0.1) is 0 Å². The first-order chi connectivity index (χ1) is 14.7. The van der Waals surface area contributed by atoms with Crippen molar-refractivity contribution in [2.45, 2.75) is 12.5 Å². The van der Waals surface area contributed by atoms with E-state index in [0.29, 0.717) is 5.02 Å². The van der Waals surface area contributed by atoms with Gasteiger partial charge in [-0.25, -0.2) is 0 Å². The highest BCUT2D eigenvalue weighted by molar-refractivity contribution is 6.30. The molecule has 0 saturated heterocycles. The highest BCUT2D eigenvalue weighted by atomic mass is 35.5. The highest BCUT2D eigenvalue weighted by Gasteiger charge is 2.30. The first-order valence-electron chi connectivity index (χ1n) is 9.76. The fourth-order valence-electron chi connectivity index (χ4n) is 3.64. The topological polar surface area (TPSA) is 34.1 Å². The molecule has 4 nitrogen and oxygen atoms in total. The standard InChI is InChI=1S/C25H23ClN2O2/c1-29-24-9-5-3-7-18(24)11-14-20-17-23(22-8-4-6-10-25(22)30-2)28(27-20)21-15-12-19(26)13-16-21/h3-16,23H,17H2,1-2H3/b14-11-/t23-/m1/s1. The van der Waals surface area contributed by atoms with Gasteiger partial charge in [0.25, 0.3) is 0 Å². The van der Waals surface area contributed by atoms with Crippen molar-refractivity contribution in [3.05, 3.63) is 95.0 Å². The average Bonchev–Trinajstić information content (AvgIpc) is 3.22. The zero-order valence-electron chi connectivity index (χ0n) is 17.0. The van der Waals surface area contributed by atoms with Gasteiger partial charge in [0.05, 0.1) is 31.7 Å². The Labute approximate surface area is 182 Å². The number of halogens is 1. The molecule has 4 rings (SSSR count). The second-order valence-corrected chi connectivity index (χ2v) is 7.39. The Morgan fingerprint density at radius 2 is 1.53 bits per heavy atom. The maximum Gasteiger partial charge on any atom is 0.126 e. The van der Waals surface area contributed by atoms with E-state index < -0.39 is 0 Å². The summed E-state index contributed by atoms with van der Waals surface area (Å²) in [7, 11) is 3.38. The number of ether oxygens (including phenoxy) is 2. The Morgan fingerprint density at radius 3 is 2.27 bits per heavy atom. The molecule has 0 bridgehead atoms. The normalized spacial score (nSPS) is 16.0. The molecule has 3 aromatic rings. The summed E-state index contributed by atoms with van der Waals surface area (Å²) in [6.45, 7) is 0. The number of allylic oxidation sites excluding steroid dienone is 1. The average molecular weight is 419 g/mol. The van der Waals surface area contributed by atoms with E-state index in [0.717, 1.165) is 40.4 Å². The Bertz CT molecular complexity index is 1080. The number of nitrogens with zero attached hydrogens (tertiary/aromatic N) is 2. The summed E-state index contributed by atoms with van der Waals surface area (Å²) in [5.41, 5.74) is 4.07. The summed E-state index contributed by atoms with van der Waals surface area (Å²) in [6, 6.07) is 23.8. The number of para-hydroxylation sites is 2. The molecule has 1 atom stereocenters. The molecule has 3 aromatic carbocycles. The van der Waals surface area contributed by atoms with Crippen molar-refractivity contribution in [3.8, 4) is 11.5 Å². The third-order valence-electron chi connectivity index (χ3n) is 5.12. The van der Waals surface area contributed by atoms with E-state index in [4.69, 9.17) is 26.2 Å². The fraction of sp³-hybridized carbons (Fsp3) is 0.160. The second kappa shape index (κ2) is 9.06. The monoisotopic (exact) mass is 418 g/mol. The molecule has 0 spiro atoms. The van der Waals surface area contributed by atoms with Crippen molar-refractivity contribution in [1.29, 1.82) is 0 Å². The smallest absolute Gasteiger partial charge is 0.126 e. The SMILES string of the molecule is COc1ccccc1/C=C\C1=NN(c2ccc(Cl)cc2)[C@@H](c2ccccc2OC)C1. The predicted molar refractivity (Wildman–Crippen MR) is 124 cm³/mol. The molecule has 152 valence electrons. The van der Waals surface area contributed by atoms with Gasteiger partial charge in [0, 0.05) is 22.6 Å². The van der Waals surface area contributed by atoms with Crippen LogP contribution in [-0.2, 0) is 0 Å². The van der Waals surface area contributed by atoms with Crippen molar-refractivity contribution in [2.75, 3.05) is 19.2 Å². The Balaban J connectivity index is 1.69. The molecule has 0 fully saturated rings. The molecule has 1 aliphatic heterocycles. The molecule has 0 amide bonds. The molecule has 1 aliphatic rings. The minimum atomic E-state index is 0.0274. The molecule has 0 N–H and O–H groups in total. The van der Waals surface area contributed by atoms with Crippen LogP contribution in [0.5, 0.6) is 11.5 Å². The van der Waals surface area contributed by atoms with Crippen LogP contribution in [0.3, 0.4) is 0 Å².